The molecule has 4 rings (SSSR count). The molecular weight excluding hydrogens is 407 g/mol. The summed E-state index contributed by atoms with van der Waals surface area (Å²) in [6.07, 6.45) is -3.43. The third kappa shape index (κ3) is 4.38. The molecule has 0 bridgehead atoms. The topological polar surface area (TPSA) is 66.2 Å². The lowest BCUT2D eigenvalue weighted by Gasteiger charge is -2.15. The molecule has 3 heterocycles. The van der Waals surface area contributed by atoms with E-state index >= 15 is 0 Å². The summed E-state index contributed by atoms with van der Waals surface area (Å²) in [5.41, 5.74) is 1.47. The van der Waals surface area contributed by atoms with E-state index in [1.54, 1.807) is 0 Å². The number of halogens is 3. The van der Waals surface area contributed by atoms with Crippen LogP contribution in [0, 0.1) is 0 Å². The number of phenolic OH excluding ortho intramolecular Hbond substituents is 1. The zero-order valence-electron chi connectivity index (χ0n) is 17.7. The van der Waals surface area contributed by atoms with Gasteiger partial charge in [0.05, 0.1) is 22.3 Å². The van der Waals surface area contributed by atoms with Gasteiger partial charge in [-0.1, -0.05) is 0 Å². The Morgan fingerprint density at radius 3 is 2.58 bits per heavy atom. The second-order valence-corrected chi connectivity index (χ2v) is 8.40. The number of rotatable bonds is 5. The highest BCUT2D eigenvalue weighted by atomic mass is 19.4. The number of likely N-dealkylation sites (tertiary alicyclic amines) is 1. The molecule has 0 aliphatic carbocycles. The second-order valence-electron chi connectivity index (χ2n) is 8.40. The van der Waals surface area contributed by atoms with E-state index in [9.17, 15) is 18.3 Å². The minimum absolute atomic E-state index is 0.0264. The first-order valence-corrected chi connectivity index (χ1v) is 10.3. The number of fused-ring (bicyclic) bond motifs is 1. The summed E-state index contributed by atoms with van der Waals surface area (Å²) in [4.78, 5) is 11.5. The fraction of sp³-hybridized carbons (Fsp3) is 0.455. The van der Waals surface area contributed by atoms with Gasteiger partial charge in [-0.2, -0.15) is 13.2 Å². The number of benzene rings is 1. The van der Waals surface area contributed by atoms with Crippen molar-refractivity contribution >= 4 is 11.2 Å². The van der Waals surface area contributed by atoms with E-state index in [2.05, 4.69) is 27.2 Å². The van der Waals surface area contributed by atoms with E-state index in [-0.39, 0.29) is 11.6 Å². The van der Waals surface area contributed by atoms with Crippen LogP contribution in [0.3, 0.4) is 0 Å². The van der Waals surface area contributed by atoms with Crippen molar-refractivity contribution in [3.63, 3.8) is 0 Å². The van der Waals surface area contributed by atoms with Gasteiger partial charge in [0.2, 0.25) is 0 Å². The molecule has 3 aromatic rings. The fourth-order valence-electron chi connectivity index (χ4n) is 4.08. The number of hydrogen-bond donors (Lipinski definition) is 2. The Labute approximate surface area is 178 Å². The third-order valence-corrected chi connectivity index (χ3v) is 5.66. The number of pyridine rings is 1. The highest BCUT2D eigenvalue weighted by molar-refractivity contribution is 5.79. The van der Waals surface area contributed by atoms with Gasteiger partial charge in [-0.25, -0.2) is 9.97 Å². The van der Waals surface area contributed by atoms with Crippen molar-refractivity contribution in [3.05, 3.63) is 41.6 Å². The molecule has 1 fully saturated rings. The Hall–Kier alpha value is -2.65. The molecular formula is C22H26F3N5O. The molecule has 1 aliphatic rings. The molecule has 1 saturated heterocycles. The van der Waals surface area contributed by atoms with Crippen LogP contribution in [0.2, 0.25) is 0 Å². The van der Waals surface area contributed by atoms with Crippen LogP contribution in [0.25, 0.3) is 22.6 Å². The first kappa shape index (κ1) is 21.6. The Morgan fingerprint density at radius 1 is 1.19 bits per heavy atom. The average Bonchev–Trinajstić information content (AvgIpc) is 3.28. The first-order chi connectivity index (χ1) is 14.6. The number of nitrogens with zero attached hydrogens (tertiary/aromatic N) is 4. The van der Waals surface area contributed by atoms with Crippen LogP contribution in [0.1, 0.15) is 37.6 Å². The number of imidazole rings is 1. The van der Waals surface area contributed by atoms with Crippen LogP contribution in [-0.4, -0.2) is 50.7 Å². The van der Waals surface area contributed by atoms with E-state index in [1.165, 1.54) is 6.07 Å². The highest BCUT2D eigenvalue weighted by Crippen LogP contribution is 2.38. The zero-order valence-corrected chi connectivity index (χ0v) is 17.7. The molecule has 0 radical (unpaired) electrons. The summed E-state index contributed by atoms with van der Waals surface area (Å²) >= 11 is 0. The molecule has 1 atom stereocenters. The smallest absolute Gasteiger partial charge is 0.416 e. The van der Waals surface area contributed by atoms with Crippen molar-refractivity contribution in [2.24, 2.45) is 0 Å². The molecule has 1 unspecified atom stereocenters. The summed E-state index contributed by atoms with van der Waals surface area (Å²) in [7, 11) is 2.10. The molecule has 6 nitrogen and oxygen atoms in total. The van der Waals surface area contributed by atoms with E-state index in [0.29, 0.717) is 24.1 Å². The number of alkyl halides is 3. The zero-order chi connectivity index (χ0) is 22.3. The van der Waals surface area contributed by atoms with Crippen LogP contribution in [0.15, 0.2) is 30.3 Å². The van der Waals surface area contributed by atoms with Gasteiger partial charge in [-0.3, -0.25) is 0 Å². The lowest BCUT2D eigenvalue weighted by atomic mass is 10.1. The van der Waals surface area contributed by atoms with Gasteiger partial charge < -0.3 is 19.9 Å². The summed E-state index contributed by atoms with van der Waals surface area (Å²) in [6, 6.07) is 7.22. The summed E-state index contributed by atoms with van der Waals surface area (Å²) < 4.78 is 40.8. The van der Waals surface area contributed by atoms with E-state index in [4.69, 9.17) is 0 Å². The molecule has 166 valence electrons. The molecule has 0 spiro atoms. The molecule has 1 aromatic carbocycles. The number of aromatic hydroxyl groups is 1. The molecule has 31 heavy (non-hydrogen) atoms. The number of phenols is 1. The number of nitrogens with one attached hydrogen (secondary N) is 1. The van der Waals surface area contributed by atoms with Gasteiger partial charge in [-0.15, -0.1) is 0 Å². The molecule has 9 heteroatoms. The Morgan fingerprint density at radius 2 is 1.97 bits per heavy atom. The van der Waals surface area contributed by atoms with Gasteiger partial charge >= 0.3 is 6.18 Å². The standard InChI is InChI=1S/C22H26F3N5O/c1-13(2)30-18-7-5-15(11-26-16-8-9-29(3)12-16)27-20(18)28-21(30)17-6-4-14(10-19(17)31)22(23,24)25/h4-7,10,13,16,26,31H,8-9,11-12H2,1-3H3. The average molecular weight is 433 g/mol. The first-order valence-electron chi connectivity index (χ1n) is 10.3. The molecule has 0 amide bonds. The van der Waals surface area contributed by atoms with Gasteiger partial charge in [0.1, 0.15) is 11.6 Å². The van der Waals surface area contributed by atoms with Crippen molar-refractivity contribution in [2.75, 3.05) is 20.1 Å². The molecule has 2 N–H and O–H groups in total. The Balaban J connectivity index is 1.68. The predicted octanol–water partition coefficient (Wildman–Crippen LogP) is 4.20. The van der Waals surface area contributed by atoms with Gasteiger partial charge in [0.15, 0.2) is 5.65 Å². The largest absolute Gasteiger partial charge is 0.507 e. The van der Waals surface area contributed by atoms with E-state index in [1.807, 2.05) is 30.5 Å². The van der Waals surface area contributed by atoms with Crippen molar-refractivity contribution in [1.29, 1.82) is 0 Å². The van der Waals surface area contributed by atoms with Crippen LogP contribution in [-0.2, 0) is 12.7 Å². The van der Waals surface area contributed by atoms with E-state index < -0.39 is 17.5 Å². The normalized spacial score (nSPS) is 17.8. The van der Waals surface area contributed by atoms with Crippen LogP contribution >= 0.6 is 0 Å². The van der Waals surface area contributed by atoms with Crippen LogP contribution < -0.4 is 5.32 Å². The quantitative estimate of drug-likeness (QED) is 0.632. The summed E-state index contributed by atoms with van der Waals surface area (Å²) in [5.74, 6) is -0.0643. The number of likely N-dealkylation sites (N-methyl/N-ethyl adjacent to an activating group) is 1. The second kappa shape index (κ2) is 8.12. The minimum atomic E-state index is -4.52. The molecule has 1 aliphatic heterocycles. The summed E-state index contributed by atoms with van der Waals surface area (Å²) in [5, 5.41) is 13.8. The Kier molecular flexibility index (Phi) is 5.65. The lowest BCUT2D eigenvalue weighted by molar-refractivity contribution is -0.137. The molecule has 0 saturated carbocycles. The van der Waals surface area contributed by atoms with Crippen molar-refractivity contribution in [3.8, 4) is 17.1 Å². The number of aromatic nitrogens is 3. The summed E-state index contributed by atoms with van der Waals surface area (Å²) in [6.45, 7) is 6.60. The maximum absolute atomic E-state index is 13.0. The van der Waals surface area contributed by atoms with E-state index in [0.717, 1.165) is 42.9 Å². The van der Waals surface area contributed by atoms with Gasteiger partial charge in [-0.05, 0) is 64.2 Å². The van der Waals surface area contributed by atoms with Crippen LogP contribution in [0.4, 0.5) is 13.2 Å². The van der Waals surface area contributed by atoms with Gasteiger partial charge in [0, 0.05) is 25.2 Å². The van der Waals surface area contributed by atoms with Gasteiger partial charge in [0.25, 0.3) is 0 Å². The predicted molar refractivity (Wildman–Crippen MR) is 113 cm³/mol. The number of hydrogen-bond acceptors (Lipinski definition) is 5. The fourth-order valence-corrected chi connectivity index (χ4v) is 4.08. The Bertz CT molecular complexity index is 1090. The lowest BCUT2D eigenvalue weighted by Crippen LogP contribution is -2.31. The van der Waals surface area contributed by atoms with Crippen LogP contribution in [0.5, 0.6) is 5.75 Å². The van der Waals surface area contributed by atoms with Crippen molar-refractivity contribution in [1.82, 2.24) is 24.8 Å². The third-order valence-electron chi connectivity index (χ3n) is 5.66. The minimum Gasteiger partial charge on any atom is -0.507 e. The maximum Gasteiger partial charge on any atom is 0.416 e. The monoisotopic (exact) mass is 433 g/mol. The SMILES string of the molecule is CC(C)n1c(-c2ccc(C(F)(F)F)cc2O)nc2nc(CNC3CCN(C)C3)ccc21. The highest BCUT2D eigenvalue weighted by Gasteiger charge is 2.31. The molecule has 2 aromatic heterocycles. The van der Waals surface area contributed by atoms with Crippen molar-refractivity contribution in [2.45, 2.75) is 45.1 Å². The van der Waals surface area contributed by atoms with Crippen molar-refractivity contribution < 1.29 is 18.3 Å². The maximum atomic E-state index is 13.0.